The molecule has 2 heterocycles. The van der Waals surface area contributed by atoms with Gasteiger partial charge in [0.15, 0.2) is 0 Å². The Morgan fingerprint density at radius 1 is 1.19 bits per heavy atom. The fourth-order valence-corrected chi connectivity index (χ4v) is 3.68. The molecule has 0 spiro atoms. The van der Waals surface area contributed by atoms with Crippen LogP contribution in [0.15, 0.2) is 24.3 Å². The molecule has 0 unspecified atom stereocenters. The summed E-state index contributed by atoms with van der Waals surface area (Å²) >= 11 is 0. The highest BCUT2D eigenvalue weighted by Gasteiger charge is 2.44. The number of rotatable bonds is 4. The van der Waals surface area contributed by atoms with Crippen molar-refractivity contribution in [2.75, 3.05) is 19.6 Å². The number of hydrogen-bond donors (Lipinski definition) is 1. The van der Waals surface area contributed by atoms with Gasteiger partial charge in [-0.1, -0.05) is 32.9 Å². The van der Waals surface area contributed by atoms with Crippen molar-refractivity contribution < 1.29 is 14.4 Å². The van der Waals surface area contributed by atoms with Crippen molar-refractivity contribution in [3.8, 4) is 0 Å². The number of aryl methyl sites for hydroxylation is 1. The van der Waals surface area contributed by atoms with Crippen LogP contribution in [0.1, 0.15) is 43.1 Å². The van der Waals surface area contributed by atoms with Crippen molar-refractivity contribution in [3.63, 3.8) is 0 Å². The van der Waals surface area contributed by atoms with Crippen molar-refractivity contribution >= 4 is 17.7 Å². The molecule has 2 aliphatic rings. The summed E-state index contributed by atoms with van der Waals surface area (Å²) in [5.74, 6) is 0.0587. The Hall–Kier alpha value is -2.37. The normalized spacial score (nSPS) is 23.1. The molecule has 0 aromatic heterocycles. The second-order valence-corrected chi connectivity index (χ2v) is 7.54. The zero-order chi connectivity index (χ0) is 18.8. The second kappa shape index (κ2) is 7.48. The maximum atomic E-state index is 12.8. The minimum atomic E-state index is -0.585. The maximum Gasteiger partial charge on any atom is 0.253 e. The van der Waals surface area contributed by atoms with Crippen LogP contribution in [0.4, 0.5) is 0 Å². The lowest BCUT2D eigenvalue weighted by Crippen LogP contribution is -2.69. The molecule has 2 atom stereocenters. The molecule has 6 heteroatoms. The number of hydrogen-bond acceptors (Lipinski definition) is 3. The Morgan fingerprint density at radius 3 is 2.50 bits per heavy atom. The van der Waals surface area contributed by atoms with Gasteiger partial charge in [-0.05, 0) is 36.5 Å². The highest BCUT2D eigenvalue weighted by atomic mass is 16.2. The zero-order valence-corrected chi connectivity index (χ0v) is 15.7. The van der Waals surface area contributed by atoms with E-state index in [1.807, 2.05) is 38.1 Å². The van der Waals surface area contributed by atoms with Crippen molar-refractivity contribution in [3.05, 3.63) is 35.4 Å². The van der Waals surface area contributed by atoms with E-state index in [1.165, 1.54) is 5.56 Å². The smallest absolute Gasteiger partial charge is 0.253 e. The molecule has 140 valence electrons. The van der Waals surface area contributed by atoms with E-state index in [-0.39, 0.29) is 24.3 Å². The van der Waals surface area contributed by atoms with E-state index in [0.29, 0.717) is 31.0 Å². The Morgan fingerprint density at radius 2 is 1.88 bits per heavy atom. The molecule has 6 nitrogen and oxygen atoms in total. The average Bonchev–Trinajstić information content (AvgIpc) is 2.64. The Labute approximate surface area is 154 Å². The van der Waals surface area contributed by atoms with Crippen LogP contribution >= 0.6 is 0 Å². The van der Waals surface area contributed by atoms with Gasteiger partial charge in [-0.2, -0.15) is 0 Å². The number of carbonyl (C=O) groups is 3. The SMILES string of the molecule is CCc1ccc(C(=O)N2CCN3C(=O)[C@@H](CC(C)C)NC(=O)[C@H]3C2)cc1. The number of nitrogens with zero attached hydrogens (tertiary/aromatic N) is 2. The minimum absolute atomic E-state index is 0.0253. The van der Waals surface area contributed by atoms with E-state index in [2.05, 4.69) is 12.2 Å². The molecule has 1 N–H and O–H groups in total. The van der Waals surface area contributed by atoms with E-state index in [4.69, 9.17) is 0 Å². The largest absolute Gasteiger partial charge is 0.342 e. The molecule has 2 aliphatic heterocycles. The number of benzene rings is 1. The van der Waals surface area contributed by atoms with Crippen LogP contribution in [0, 0.1) is 5.92 Å². The van der Waals surface area contributed by atoms with Gasteiger partial charge in [0, 0.05) is 18.7 Å². The minimum Gasteiger partial charge on any atom is -0.342 e. The van der Waals surface area contributed by atoms with Gasteiger partial charge >= 0.3 is 0 Å². The lowest BCUT2D eigenvalue weighted by Gasteiger charge is -2.45. The van der Waals surface area contributed by atoms with Crippen LogP contribution in [0.3, 0.4) is 0 Å². The standard InChI is InChI=1S/C20H27N3O3/c1-4-14-5-7-15(8-6-14)19(25)22-9-10-23-17(12-22)18(24)21-16(20(23)26)11-13(2)3/h5-8,13,16-17H,4,9-12H2,1-3H3,(H,21,24)/t16-,17-/m1/s1. The van der Waals surface area contributed by atoms with Gasteiger partial charge in [-0.25, -0.2) is 0 Å². The third-order valence-corrected chi connectivity index (χ3v) is 5.18. The highest BCUT2D eigenvalue weighted by molar-refractivity contribution is 5.99. The average molecular weight is 357 g/mol. The maximum absolute atomic E-state index is 12.8. The van der Waals surface area contributed by atoms with Gasteiger partial charge in [0.1, 0.15) is 12.1 Å². The first-order valence-corrected chi connectivity index (χ1v) is 9.39. The Bertz CT molecular complexity index is 699. The summed E-state index contributed by atoms with van der Waals surface area (Å²) in [6, 6.07) is 6.55. The second-order valence-electron chi connectivity index (χ2n) is 7.54. The molecular weight excluding hydrogens is 330 g/mol. The van der Waals surface area contributed by atoms with Crippen LogP contribution in [0.25, 0.3) is 0 Å². The Balaban J connectivity index is 1.70. The zero-order valence-electron chi connectivity index (χ0n) is 15.7. The predicted molar refractivity (Wildman–Crippen MR) is 98.6 cm³/mol. The van der Waals surface area contributed by atoms with Crippen LogP contribution in [0.2, 0.25) is 0 Å². The lowest BCUT2D eigenvalue weighted by molar-refractivity contribution is -0.152. The number of piperazine rings is 2. The third-order valence-electron chi connectivity index (χ3n) is 5.18. The molecule has 0 radical (unpaired) electrons. The molecule has 3 rings (SSSR count). The molecule has 2 saturated heterocycles. The monoisotopic (exact) mass is 357 g/mol. The molecule has 0 bridgehead atoms. The summed E-state index contributed by atoms with van der Waals surface area (Å²) in [5, 5.41) is 2.84. The van der Waals surface area contributed by atoms with Crippen LogP contribution in [0.5, 0.6) is 0 Å². The van der Waals surface area contributed by atoms with Crippen molar-refractivity contribution in [2.45, 2.75) is 45.7 Å². The van der Waals surface area contributed by atoms with E-state index in [0.717, 1.165) is 6.42 Å². The molecule has 2 fully saturated rings. The summed E-state index contributed by atoms with van der Waals surface area (Å²) in [5.41, 5.74) is 1.80. The third kappa shape index (κ3) is 3.59. The summed E-state index contributed by atoms with van der Waals surface area (Å²) in [7, 11) is 0. The van der Waals surface area contributed by atoms with Crippen LogP contribution < -0.4 is 5.32 Å². The van der Waals surface area contributed by atoms with E-state index >= 15 is 0 Å². The van der Waals surface area contributed by atoms with Gasteiger partial charge in [0.05, 0.1) is 6.54 Å². The first-order valence-electron chi connectivity index (χ1n) is 9.39. The molecule has 3 amide bonds. The van der Waals surface area contributed by atoms with Crippen molar-refractivity contribution in [1.29, 1.82) is 0 Å². The molecule has 0 saturated carbocycles. The topological polar surface area (TPSA) is 69.7 Å². The first kappa shape index (κ1) is 18.4. The number of carbonyl (C=O) groups excluding carboxylic acids is 3. The summed E-state index contributed by atoms with van der Waals surface area (Å²) in [6.45, 7) is 7.25. The lowest BCUT2D eigenvalue weighted by atomic mass is 9.97. The number of nitrogens with one attached hydrogen (secondary N) is 1. The van der Waals surface area contributed by atoms with Gasteiger partial charge in [0.25, 0.3) is 5.91 Å². The first-order chi connectivity index (χ1) is 12.4. The van der Waals surface area contributed by atoms with E-state index < -0.39 is 12.1 Å². The van der Waals surface area contributed by atoms with Crippen LogP contribution in [-0.2, 0) is 16.0 Å². The van der Waals surface area contributed by atoms with Crippen LogP contribution in [-0.4, -0.2) is 59.2 Å². The summed E-state index contributed by atoms with van der Waals surface area (Å²) in [6.07, 6.45) is 1.56. The fraction of sp³-hybridized carbons (Fsp3) is 0.550. The van der Waals surface area contributed by atoms with Crippen molar-refractivity contribution in [2.24, 2.45) is 5.92 Å². The van der Waals surface area contributed by atoms with Gasteiger partial charge in [0.2, 0.25) is 11.8 Å². The summed E-state index contributed by atoms with van der Waals surface area (Å²) in [4.78, 5) is 41.3. The molecule has 26 heavy (non-hydrogen) atoms. The van der Waals surface area contributed by atoms with E-state index in [9.17, 15) is 14.4 Å². The van der Waals surface area contributed by atoms with E-state index in [1.54, 1.807) is 9.80 Å². The fourth-order valence-electron chi connectivity index (χ4n) is 3.68. The molecule has 1 aromatic rings. The highest BCUT2D eigenvalue weighted by Crippen LogP contribution is 2.21. The van der Waals surface area contributed by atoms with Gasteiger partial charge in [-0.15, -0.1) is 0 Å². The molecular formula is C20H27N3O3. The van der Waals surface area contributed by atoms with Gasteiger partial charge in [-0.3, -0.25) is 14.4 Å². The number of amides is 3. The summed E-state index contributed by atoms with van der Waals surface area (Å²) < 4.78 is 0. The molecule has 1 aromatic carbocycles. The quantitative estimate of drug-likeness (QED) is 0.887. The van der Waals surface area contributed by atoms with Gasteiger partial charge < -0.3 is 15.1 Å². The van der Waals surface area contributed by atoms with Crippen molar-refractivity contribution in [1.82, 2.24) is 15.1 Å². The Kier molecular flexibility index (Phi) is 5.30. The molecule has 0 aliphatic carbocycles. The number of fused-ring (bicyclic) bond motifs is 1. The predicted octanol–water partition coefficient (Wildman–Crippen LogP) is 1.45.